The second-order valence-corrected chi connectivity index (χ2v) is 8.75. The Morgan fingerprint density at radius 3 is 1.26 bits per heavy atom. The summed E-state index contributed by atoms with van der Waals surface area (Å²) < 4.78 is 32.6. The average Bonchev–Trinajstić information content (AvgIpc) is 2.80. The van der Waals surface area contributed by atoms with Crippen LogP contribution in [0.5, 0.6) is 0 Å². The molecule has 8 nitrogen and oxygen atoms in total. The summed E-state index contributed by atoms with van der Waals surface area (Å²) in [6.07, 6.45) is 18.0. The maximum atomic E-state index is 10.9. The standard InChI is InChI=1S/C26H42O8/c1-21(27)33-23-13-15-25(31-19-23)29-17-11-9-7-5-3-4-6-8-10-12-18-30-26-16-14-24(20-32-26)34-22(2)28/h13-16,23-26H,3-12,17-20H2,1-2H3/t23-,24-,25-,26+/m0/s1. The topological polar surface area (TPSA) is 89.5 Å². The van der Waals surface area contributed by atoms with Crippen LogP contribution in [0.1, 0.15) is 78.1 Å². The van der Waals surface area contributed by atoms with Crippen molar-refractivity contribution in [2.24, 2.45) is 0 Å². The van der Waals surface area contributed by atoms with Crippen LogP contribution in [0.15, 0.2) is 24.3 Å². The maximum absolute atomic E-state index is 10.9. The molecule has 0 fully saturated rings. The molecular formula is C26H42O8. The van der Waals surface area contributed by atoms with Gasteiger partial charge in [0.1, 0.15) is 12.2 Å². The Labute approximate surface area is 203 Å². The largest absolute Gasteiger partial charge is 0.456 e. The van der Waals surface area contributed by atoms with Gasteiger partial charge in [-0.1, -0.05) is 51.4 Å². The number of rotatable bonds is 17. The predicted molar refractivity (Wildman–Crippen MR) is 127 cm³/mol. The minimum absolute atomic E-state index is 0.302. The molecule has 0 saturated heterocycles. The van der Waals surface area contributed by atoms with Crippen LogP contribution in [0.4, 0.5) is 0 Å². The molecular weight excluding hydrogens is 440 g/mol. The lowest BCUT2D eigenvalue weighted by molar-refractivity contribution is -0.161. The molecule has 0 spiro atoms. The van der Waals surface area contributed by atoms with Crippen LogP contribution in [0.2, 0.25) is 0 Å². The monoisotopic (exact) mass is 482 g/mol. The van der Waals surface area contributed by atoms with Gasteiger partial charge in [0.2, 0.25) is 0 Å². The fraction of sp³-hybridized carbons (Fsp3) is 0.769. The molecule has 0 aliphatic carbocycles. The van der Waals surface area contributed by atoms with Crippen molar-refractivity contribution in [2.45, 2.75) is 103 Å². The lowest BCUT2D eigenvalue weighted by atomic mass is 10.1. The van der Waals surface area contributed by atoms with Crippen molar-refractivity contribution < 1.29 is 38.0 Å². The molecule has 2 aliphatic rings. The van der Waals surface area contributed by atoms with Crippen LogP contribution in [0, 0.1) is 0 Å². The first-order chi connectivity index (χ1) is 16.5. The van der Waals surface area contributed by atoms with Gasteiger partial charge in [-0.3, -0.25) is 9.59 Å². The summed E-state index contributed by atoms with van der Waals surface area (Å²) >= 11 is 0. The molecule has 4 atom stereocenters. The summed E-state index contributed by atoms with van der Waals surface area (Å²) in [7, 11) is 0. The van der Waals surface area contributed by atoms with Gasteiger partial charge in [-0.05, 0) is 37.1 Å². The van der Waals surface area contributed by atoms with E-state index in [9.17, 15) is 9.59 Å². The smallest absolute Gasteiger partial charge is 0.303 e. The van der Waals surface area contributed by atoms with E-state index in [4.69, 9.17) is 28.4 Å². The van der Waals surface area contributed by atoms with Crippen molar-refractivity contribution in [3.63, 3.8) is 0 Å². The van der Waals surface area contributed by atoms with Crippen LogP contribution in [-0.4, -0.2) is 63.2 Å². The van der Waals surface area contributed by atoms with Crippen LogP contribution >= 0.6 is 0 Å². The quantitative estimate of drug-likeness (QED) is 0.169. The molecule has 0 aromatic heterocycles. The number of esters is 2. The van der Waals surface area contributed by atoms with E-state index in [2.05, 4.69) is 0 Å². The highest BCUT2D eigenvalue weighted by molar-refractivity contribution is 5.66. The SMILES string of the molecule is CC(=O)O[C@H]1C=C[C@H](OCCCCCCCCCCCCO[C@@H]2C=C[C@H](OC(C)=O)CO2)OC1. The van der Waals surface area contributed by atoms with E-state index in [0.717, 1.165) is 12.8 Å². The summed E-state index contributed by atoms with van der Waals surface area (Å²) in [6, 6.07) is 0. The molecule has 2 aliphatic heterocycles. The van der Waals surface area contributed by atoms with Crippen LogP contribution < -0.4 is 0 Å². The molecule has 0 saturated carbocycles. The van der Waals surface area contributed by atoms with Gasteiger partial charge in [-0.25, -0.2) is 0 Å². The van der Waals surface area contributed by atoms with E-state index in [0.29, 0.717) is 26.4 Å². The Kier molecular flexibility index (Phi) is 14.8. The number of carbonyl (C=O) groups excluding carboxylic acids is 2. The van der Waals surface area contributed by atoms with Crippen molar-refractivity contribution in [1.82, 2.24) is 0 Å². The molecule has 0 amide bonds. The summed E-state index contributed by atoms with van der Waals surface area (Å²) in [5, 5.41) is 0. The third kappa shape index (κ3) is 13.8. The van der Waals surface area contributed by atoms with Gasteiger partial charge in [-0.15, -0.1) is 0 Å². The highest BCUT2D eigenvalue weighted by Crippen LogP contribution is 2.14. The third-order valence-corrected chi connectivity index (χ3v) is 5.55. The minimum atomic E-state index is -0.330. The third-order valence-electron chi connectivity index (χ3n) is 5.55. The second-order valence-electron chi connectivity index (χ2n) is 8.75. The zero-order valence-corrected chi connectivity index (χ0v) is 20.8. The molecule has 2 rings (SSSR count). The van der Waals surface area contributed by atoms with Gasteiger partial charge in [0.25, 0.3) is 0 Å². The van der Waals surface area contributed by atoms with Crippen LogP contribution in [0.3, 0.4) is 0 Å². The Hall–Kier alpha value is -1.74. The van der Waals surface area contributed by atoms with Gasteiger partial charge in [-0.2, -0.15) is 0 Å². The normalized spacial score (nSPS) is 24.2. The van der Waals surface area contributed by atoms with E-state index in [1.807, 2.05) is 24.3 Å². The number of ether oxygens (including phenoxy) is 6. The number of carbonyl (C=O) groups is 2. The van der Waals surface area contributed by atoms with E-state index in [1.165, 1.54) is 65.2 Å². The zero-order valence-electron chi connectivity index (χ0n) is 20.8. The first-order valence-electron chi connectivity index (χ1n) is 12.7. The van der Waals surface area contributed by atoms with E-state index >= 15 is 0 Å². The van der Waals surface area contributed by atoms with Gasteiger partial charge >= 0.3 is 11.9 Å². The van der Waals surface area contributed by atoms with Crippen molar-refractivity contribution in [3.05, 3.63) is 24.3 Å². The highest BCUT2D eigenvalue weighted by Gasteiger charge is 2.19. The number of unbranched alkanes of at least 4 members (excludes halogenated alkanes) is 9. The molecule has 8 heteroatoms. The average molecular weight is 483 g/mol. The fourth-order valence-corrected chi connectivity index (χ4v) is 3.83. The molecule has 0 aromatic rings. The van der Waals surface area contributed by atoms with Gasteiger partial charge in [0.15, 0.2) is 12.6 Å². The molecule has 0 radical (unpaired) electrons. The molecule has 0 bridgehead atoms. The van der Waals surface area contributed by atoms with Crippen LogP contribution in [0.25, 0.3) is 0 Å². The molecule has 194 valence electrons. The molecule has 0 N–H and O–H groups in total. The first-order valence-corrected chi connectivity index (χ1v) is 12.7. The summed E-state index contributed by atoms with van der Waals surface area (Å²) in [4.78, 5) is 21.8. The molecule has 2 heterocycles. The highest BCUT2D eigenvalue weighted by atomic mass is 16.7. The first kappa shape index (κ1) is 28.5. The Balaban J connectivity index is 1.30. The van der Waals surface area contributed by atoms with Gasteiger partial charge < -0.3 is 28.4 Å². The summed E-state index contributed by atoms with van der Waals surface area (Å²) in [5.74, 6) is -0.603. The van der Waals surface area contributed by atoms with E-state index in [1.54, 1.807) is 0 Å². The summed E-state index contributed by atoms with van der Waals surface area (Å²) in [5.41, 5.74) is 0. The maximum Gasteiger partial charge on any atom is 0.303 e. The van der Waals surface area contributed by atoms with Crippen molar-refractivity contribution in [3.8, 4) is 0 Å². The minimum Gasteiger partial charge on any atom is -0.456 e. The zero-order chi connectivity index (χ0) is 24.4. The molecule has 0 unspecified atom stereocenters. The fourth-order valence-electron chi connectivity index (χ4n) is 3.83. The van der Waals surface area contributed by atoms with Crippen molar-refractivity contribution >= 4 is 11.9 Å². The Morgan fingerprint density at radius 2 is 0.971 bits per heavy atom. The lowest BCUT2D eigenvalue weighted by Gasteiger charge is -2.23. The van der Waals surface area contributed by atoms with Crippen LogP contribution in [-0.2, 0) is 38.0 Å². The number of hydrogen-bond acceptors (Lipinski definition) is 8. The Morgan fingerprint density at radius 1 is 0.618 bits per heavy atom. The summed E-state index contributed by atoms with van der Waals surface area (Å²) in [6.45, 7) is 4.85. The van der Waals surface area contributed by atoms with Crippen molar-refractivity contribution in [2.75, 3.05) is 26.4 Å². The Bertz CT molecular complexity index is 578. The molecule has 0 aromatic carbocycles. The predicted octanol–water partition coefficient (Wildman–Crippen LogP) is 4.61. The van der Waals surface area contributed by atoms with Crippen molar-refractivity contribution in [1.29, 1.82) is 0 Å². The van der Waals surface area contributed by atoms with E-state index < -0.39 is 0 Å². The lowest BCUT2D eigenvalue weighted by Crippen LogP contribution is -2.29. The second kappa shape index (κ2) is 17.7. The van der Waals surface area contributed by atoms with E-state index in [-0.39, 0.29) is 36.7 Å². The van der Waals surface area contributed by atoms with Gasteiger partial charge in [0.05, 0.1) is 26.4 Å². The van der Waals surface area contributed by atoms with Gasteiger partial charge in [0, 0.05) is 13.8 Å². The molecule has 34 heavy (non-hydrogen) atoms. The number of hydrogen-bond donors (Lipinski definition) is 0.